The summed E-state index contributed by atoms with van der Waals surface area (Å²) in [6, 6.07) is 18.6. The van der Waals surface area contributed by atoms with Crippen molar-refractivity contribution < 1.29 is 9.59 Å². The zero-order valence-corrected chi connectivity index (χ0v) is 10.8. The van der Waals surface area contributed by atoms with Crippen molar-refractivity contribution in [1.82, 2.24) is 0 Å². The molecular formula is C18H12O2. The normalized spacial score (nSPS) is 10.6. The summed E-state index contributed by atoms with van der Waals surface area (Å²) in [5.74, 6) is 0. The minimum absolute atomic E-state index is 0.765. The van der Waals surface area contributed by atoms with E-state index in [2.05, 4.69) is 36.4 Å². The van der Waals surface area contributed by atoms with Crippen molar-refractivity contribution in [3.8, 4) is 0 Å². The Morgan fingerprint density at radius 3 is 1.90 bits per heavy atom. The molecule has 0 heterocycles. The molecule has 0 spiro atoms. The molecule has 0 radical (unpaired) electrons. The van der Waals surface area contributed by atoms with Crippen LogP contribution in [0.3, 0.4) is 0 Å². The number of carbonyl (C=O) groups is 2. The van der Waals surface area contributed by atoms with Gasteiger partial charge in [-0.05, 0) is 32.3 Å². The minimum Gasteiger partial charge on any atom is -0.307 e. The summed E-state index contributed by atoms with van der Waals surface area (Å²) in [5, 5.41) is 7.17. The van der Waals surface area contributed by atoms with Crippen molar-refractivity contribution in [3.63, 3.8) is 0 Å². The van der Waals surface area contributed by atoms with E-state index in [4.69, 9.17) is 4.79 Å². The van der Waals surface area contributed by atoms with Gasteiger partial charge in [0.2, 0.25) is 0 Å². The molecule has 4 aromatic rings. The number of hydrogen-bond acceptors (Lipinski definition) is 2. The van der Waals surface area contributed by atoms with E-state index in [0.717, 1.165) is 17.2 Å². The van der Waals surface area contributed by atoms with Crippen molar-refractivity contribution in [2.75, 3.05) is 0 Å². The number of carbonyl (C=O) groups excluding carboxylic acids is 2. The molecule has 0 N–H and O–H groups in total. The molecule has 0 aliphatic heterocycles. The van der Waals surface area contributed by atoms with Gasteiger partial charge in [-0.2, -0.15) is 0 Å². The van der Waals surface area contributed by atoms with E-state index < -0.39 is 0 Å². The molecule has 4 aromatic carbocycles. The first-order valence-electron chi connectivity index (χ1n) is 6.29. The van der Waals surface area contributed by atoms with Crippen LogP contribution in [0.1, 0.15) is 10.4 Å². The lowest BCUT2D eigenvalue weighted by atomic mass is 9.92. The van der Waals surface area contributed by atoms with Crippen LogP contribution in [0, 0.1) is 0 Å². The van der Waals surface area contributed by atoms with Gasteiger partial charge in [-0.15, -0.1) is 0 Å². The summed E-state index contributed by atoms with van der Waals surface area (Å²) in [4.78, 5) is 19.2. The van der Waals surface area contributed by atoms with Gasteiger partial charge in [0, 0.05) is 5.56 Å². The van der Waals surface area contributed by atoms with Gasteiger partial charge in [-0.25, -0.2) is 0 Å². The topological polar surface area (TPSA) is 34.1 Å². The number of benzene rings is 4. The summed E-state index contributed by atoms with van der Waals surface area (Å²) in [7, 11) is 0. The van der Waals surface area contributed by atoms with Crippen LogP contribution < -0.4 is 0 Å². The Hall–Kier alpha value is -2.74. The van der Waals surface area contributed by atoms with Crippen LogP contribution >= 0.6 is 0 Å². The maximum atomic E-state index is 11.2. The van der Waals surface area contributed by atoms with Gasteiger partial charge in [0.05, 0.1) is 0 Å². The fraction of sp³-hybridized carbons (Fsp3) is 0. The summed E-state index contributed by atoms with van der Waals surface area (Å²) >= 11 is 0. The van der Waals surface area contributed by atoms with Crippen molar-refractivity contribution >= 4 is 45.4 Å². The Kier molecular flexibility index (Phi) is 2.92. The molecule has 2 heteroatoms. The second-order valence-electron chi connectivity index (χ2n) is 4.63. The molecule has 96 valence electrons. The van der Waals surface area contributed by atoms with Crippen LogP contribution in [0.5, 0.6) is 0 Å². The molecule has 0 aromatic heterocycles. The van der Waals surface area contributed by atoms with Gasteiger partial charge in [0.1, 0.15) is 6.79 Å². The lowest BCUT2D eigenvalue weighted by Crippen LogP contribution is -1.87. The monoisotopic (exact) mass is 260 g/mol. The van der Waals surface area contributed by atoms with Gasteiger partial charge in [-0.1, -0.05) is 54.6 Å². The second kappa shape index (κ2) is 4.74. The molecular weight excluding hydrogens is 248 g/mol. The smallest absolute Gasteiger partial charge is 0.150 e. The maximum absolute atomic E-state index is 11.2. The molecule has 0 aliphatic carbocycles. The predicted octanol–water partition coefficient (Wildman–Crippen LogP) is 4.21. The van der Waals surface area contributed by atoms with E-state index in [1.807, 2.05) is 25.0 Å². The molecule has 0 fully saturated rings. The van der Waals surface area contributed by atoms with Crippen LogP contribution in [0.25, 0.3) is 32.3 Å². The quantitative estimate of drug-likeness (QED) is 0.379. The fourth-order valence-corrected chi connectivity index (χ4v) is 2.86. The molecule has 0 atom stereocenters. The average molecular weight is 260 g/mol. The van der Waals surface area contributed by atoms with Crippen molar-refractivity contribution in [3.05, 3.63) is 60.2 Å². The average Bonchev–Trinajstić information content (AvgIpc) is 2.54. The van der Waals surface area contributed by atoms with Gasteiger partial charge < -0.3 is 4.79 Å². The van der Waals surface area contributed by atoms with Crippen LogP contribution in [0.2, 0.25) is 0 Å². The Morgan fingerprint density at radius 2 is 1.25 bits per heavy atom. The van der Waals surface area contributed by atoms with Crippen molar-refractivity contribution in [1.29, 1.82) is 0 Å². The number of aldehydes is 1. The molecule has 0 bridgehead atoms. The third-order valence-corrected chi connectivity index (χ3v) is 3.69. The standard InChI is InChI=1S/C17H10O.CH2O/c18-10-14-7-6-13-5-4-11-2-1-3-12-8-9-15(14)17(13)16(11)12;1-2/h1-10H;1H2. The van der Waals surface area contributed by atoms with E-state index in [0.29, 0.717) is 0 Å². The predicted molar refractivity (Wildman–Crippen MR) is 82.7 cm³/mol. The fourth-order valence-electron chi connectivity index (χ4n) is 2.86. The van der Waals surface area contributed by atoms with Crippen LogP contribution in [0.15, 0.2) is 54.6 Å². The maximum Gasteiger partial charge on any atom is 0.150 e. The highest BCUT2D eigenvalue weighted by Gasteiger charge is 2.09. The third-order valence-electron chi connectivity index (χ3n) is 3.69. The lowest BCUT2D eigenvalue weighted by molar-refractivity contribution is -0.0979. The third kappa shape index (κ3) is 1.58. The van der Waals surface area contributed by atoms with Crippen LogP contribution in [-0.2, 0) is 4.79 Å². The highest BCUT2D eigenvalue weighted by atomic mass is 16.1. The number of hydrogen-bond donors (Lipinski definition) is 0. The van der Waals surface area contributed by atoms with Gasteiger partial charge in [0.25, 0.3) is 0 Å². The summed E-state index contributed by atoms with van der Waals surface area (Å²) in [6.07, 6.45) is 0.936. The Labute approximate surface area is 116 Å². The SMILES string of the molecule is C=O.O=Cc1ccc2ccc3cccc4ccc1c2c34. The zero-order chi connectivity index (χ0) is 14.1. The molecule has 0 unspecified atom stereocenters. The van der Waals surface area contributed by atoms with E-state index in [9.17, 15) is 4.79 Å². The Balaban J connectivity index is 0.000000581. The minimum atomic E-state index is 0.765. The van der Waals surface area contributed by atoms with Crippen LogP contribution in [-0.4, -0.2) is 13.1 Å². The van der Waals surface area contributed by atoms with Gasteiger partial charge in [0.15, 0.2) is 6.29 Å². The first-order chi connectivity index (χ1) is 9.88. The van der Waals surface area contributed by atoms with E-state index in [1.54, 1.807) is 0 Å². The lowest BCUT2D eigenvalue weighted by Gasteiger charge is -2.11. The molecule has 0 saturated heterocycles. The molecule has 0 aliphatic rings. The summed E-state index contributed by atoms with van der Waals surface area (Å²) < 4.78 is 0. The molecule has 20 heavy (non-hydrogen) atoms. The van der Waals surface area contributed by atoms with E-state index in [-0.39, 0.29) is 0 Å². The molecule has 0 amide bonds. The molecule has 0 saturated carbocycles. The van der Waals surface area contributed by atoms with Gasteiger partial charge in [-0.3, -0.25) is 4.79 Å². The zero-order valence-electron chi connectivity index (χ0n) is 10.8. The summed E-state index contributed by atoms with van der Waals surface area (Å²) in [5.41, 5.74) is 0.765. The van der Waals surface area contributed by atoms with E-state index >= 15 is 0 Å². The first kappa shape index (κ1) is 12.3. The number of rotatable bonds is 1. The van der Waals surface area contributed by atoms with Crippen molar-refractivity contribution in [2.45, 2.75) is 0 Å². The highest BCUT2D eigenvalue weighted by molar-refractivity contribution is 6.25. The van der Waals surface area contributed by atoms with E-state index in [1.165, 1.54) is 26.9 Å². The molecule has 2 nitrogen and oxygen atoms in total. The second-order valence-corrected chi connectivity index (χ2v) is 4.63. The summed E-state index contributed by atoms with van der Waals surface area (Å²) in [6.45, 7) is 2.00. The van der Waals surface area contributed by atoms with Crippen LogP contribution in [0.4, 0.5) is 0 Å². The molecule has 4 rings (SSSR count). The van der Waals surface area contributed by atoms with Crippen molar-refractivity contribution in [2.24, 2.45) is 0 Å². The first-order valence-corrected chi connectivity index (χ1v) is 6.29. The Bertz CT molecular complexity index is 893. The van der Waals surface area contributed by atoms with Gasteiger partial charge >= 0.3 is 0 Å². The highest BCUT2D eigenvalue weighted by Crippen LogP contribution is 2.35. The Morgan fingerprint density at radius 1 is 0.700 bits per heavy atom. The largest absolute Gasteiger partial charge is 0.307 e.